The first-order valence-corrected chi connectivity index (χ1v) is 10.6. The van der Waals surface area contributed by atoms with Crippen molar-refractivity contribution in [2.75, 3.05) is 18.0 Å². The second kappa shape index (κ2) is 9.17. The number of halogens is 4. The molecule has 35 heavy (non-hydrogen) atoms. The van der Waals surface area contributed by atoms with E-state index < -0.39 is 12.1 Å². The van der Waals surface area contributed by atoms with E-state index in [0.29, 0.717) is 30.0 Å². The van der Waals surface area contributed by atoms with Crippen LogP contribution in [-0.4, -0.2) is 35.5 Å². The highest BCUT2D eigenvalue weighted by Crippen LogP contribution is 2.46. The zero-order valence-corrected chi connectivity index (χ0v) is 19.0. The van der Waals surface area contributed by atoms with Gasteiger partial charge >= 0.3 is 6.29 Å². The number of aromatic hydroxyl groups is 1. The van der Waals surface area contributed by atoms with Gasteiger partial charge in [-0.15, -0.1) is 21.2 Å². The molecule has 0 bridgehead atoms. The number of hydrogen-bond donors (Lipinski definition) is 2. The highest BCUT2D eigenvalue weighted by molar-refractivity contribution is 5.87. The minimum absolute atomic E-state index is 0. The summed E-state index contributed by atoms with van der Waals surface area (Å²) in [5.41, 5.74) is 6.90. The van der Waals surface area contributed by atoms with Crippen LogP contribution >= 0.6 is 12.4 Å². The van der Waals surface area contributed by atoms with E-state index >= 15 is 0 Å². The molecule has 11 heteroatoms. The van der Waals surface area contributed by atoms with E-state index in [-0.39, 0.29) is 52.5 Å². The summed E-state index contributed by atoms with van der Waals surface area (Å²) in [7, 11) is 0. The van der Waals surface area contributed by atoms with Crippen LogP contribution in [0.15, 0.2) is 42.5 Å². The molecule has 0 spiro atoms. The highest BCUT2D eigenvalue weighted by atomic mass is 35.5. The summed E-state index contributed by atoms with van der Waals surface area (Å²) >= 11 is 0. The molecule has 2 aromatic carbocycles. The van der Waals surface area contributed by atoms with Crippen LogP contribution in [0, 0.1) is 17.1 Å². The van der Waals surface area contributed by atoms with Gasteiger partial charge in [0.05, 0.1) is 16.8 Å². The average molecular weight is 505 g/mol. The van der Waals surface area contributed by atoms with E-state index in [2.05, 4.69) is 9.47 Å². The maximum Gasteiger partial charge on any atom is 0.586 e. The Balaban J connectivity index is 0.00000289. The van der Waals surface area contributed by atoms with Crippen LogP contribution in [-0.2, 0) is 0 Å². The number of rotatable bonds is 3. The van der Waals surface area contributed by atoms with Gasteiger partial charge in [-0.2, -0.15) is 5.26 Å². The number of nitriles is 1. The molecular formula is C24H20ClF3N4O3. The highest BCUT2D eigenvalue weighted by Gasteiger charge is 2.43. The topological polar surface area (TPSA) is 105 Å². The molecule has 7 nitrogen and oxygen atoms in total. The first-order chi connectivity index (χ1) is 16.2. The van der Waals surface area contributed by atoms with Gasteiger partial charge in [-0.25, -0.2) is 9.37 Å². The second-order valence-electron chi connectivity index (χ2n) is 8.18. The molecule has 1 fully saturated rings. The van der Waals surface area contributed by atoms with E-state index in [4.69, 9.17) is 16.0 Å². The van der Waals surface area contributed by atoms with Crippen LogP contribution in [0.25, 0.3) is 22.4 Å². The van der Waals surface area contributed by atoms with Crippen LogP contribution in [0.3, 0.4) is 0 Å². The zero-order valence-electron chi connectivity index (χ0n) is 18.2. The molecule has 0 atom stereocenters. The summed E-state index contributed by atoms with van der Waals surface area (Å²) in [5, 5.41) is 20.1. The van der Waals surface area contributed by atoms with Gasteiger partial charge in [0, 0.05) is 30.8 Å². The lowest BCUT2D eigenvalue weighted by atomic mass is 9.96. The molecule has 2 aliphatic rings. The molecule has 0 radical (unpaired) electrons. The van der Waals surface area contributed by atoms with Crippen molar-refractivity contribution in [3.05, 3.63) is 53.8 Å². The van der Waals surface area contributed by atoms with Gasteiger partial charge in [0.25, 0.3) is 0 Å². The van der Waals surface area contributed by atoms with Crippen molar-refractivity contribution in [1.29, 1.82) is 5.26 Å². The van der Waals surface area contributed by atoms with E-state index in [1.54, 1.807) is 6.07 Å². The first kappa shape index (κ1) is 24.4. The summed E-state index contributed by atoms with van der Waals surface area (Å²) in [4.78, 5) is 6.67. The van der Waals surface area contributed by atoms with Gasteiger partial charge in [0.1, 0.15) is 23.5 Å². The number of alkyl halides is 2. The van der Waals surface area contributed by atoms with E-state index in [1.807, 2.05) is 4.90 Å². The number of aromatic nitrogens is 1. The Morgan fingerprint density at radius 1 is 1.06 bits per heavy atom. The van der Waals surface area contributed by atoms with Crippen molar-refractivity contribution in [3.8, 4) is 45.7 Å². The Kier molecular flexibility index (Phi) is 6.40. The minimum atomic E-state index is -3.79. The predicted octanol–water partition coefficient (Wildman–Crippen LogP) is 4.80. The van der Waals surface area contributed by atoms with Gasteiger partial charge < -0.3 is 25.2 Å². The minimum Gasteiger partial charge on any atom is -0.507 e. The van der Waals surface area contributed by atoms with Gasteiger partial charge in [-0.05, 0) is 42.7 Å². The molecule has 5 rings (SSSR count). The van der Waals surface area contributed by atoms with Crippen molar-refractivity contribution in [3.63, 3.8) is 0 Å². The summed E-state index contributed by atoms with van der Waals surface area (Å²) < 4.78 is 50.5. The molecule has 3 aromatic rings. The fourth-order valence-corrected chi connectivity index (χ4v) is 4.16. The number of anilines is 1. The number of nitrogens with zero attached hydrogens (tertiary/aromatic N) is 3. The second-order valence-corrected chi connectivity index (χ2v) is 8.18. The van der Waals surface area contributed by atoms with Crippen LogP contribution in [0.4, 0.5) is 19.0 Å². The van der Waals surface area contributed by atoms with E-state index in [0.717, 1.165) is 18.9 Å². The van der Waals surface area contributed by atoms with Gasteiger partial charge in [0.15, 0.2) is 11.5 Å². The van der Waals surface area contributed by atoms with Crippen molar-refractivity contribution in [2.24, 2.45) is 5.73 Å². The predicted molar refractivity (Wildman–Crippen MR) is 124 cm³/mol. The molecule has 3 heterocycles. The molecule has 0 unspecified atom stereocenters. The molecule has 1 aromatic heterocycles. The maximum atomic E-state index is 14.5. The first-order valence-electron chi connectivity index (χ1n) is 10.6. The number of hydrogen-bond acceptors (Lipinski definition) is 7. The smallest absolute Gasteiger partial charge is 0.507 e. The standard InChI is InChI=1S/C24H19F3N4O3.ClH/c25-17-9-14(1-2-15(17)12-28)23-22(13-3-4-19-20(10-13)34-24(26,27)33-19)18(32)11-21(30-23)31-7-5-16(29)6-8-31;/h1-4,9-11,16H,5-8,29H2,(H,30,32);1H. The number of nitrogens with two attached hydrogens (primary N) is 1. The van der Waals surface area contributed by atoms with Gasteiger partial charge in [0.2, 0.25) is 0 Å². The van der Waals surface area contributed by atoms with E-state index in [9.17, 15) is 18.3 Å². The van der Waals surface area contributed by atoms with Crippen molar-refractivity contribution in [2.45, 2.75) is 25.2 Å². The van der Waals surface area contributed by atoms with Crippen LogP contribution in [0.1, 0.15) is 18.4 Å². The van der Waals surface area contributed by atoms with Gasteiger partial charge in [-0.1, -0.05) is 12.1 Å². The summed E-state index contributed by atoms with van der Waals surface area (Å²) in [6, 6.07) is 11.4. The fourth-order valence-electron chi connectivity index (χ4n) is 4.16. The Hall–Kier alpha value is -3.68. The Morgan fingerprint density at radius 3 is 2.43 bits per heavy atom. The Labute approximate surface area is 204 Å². The quantitative estimate of drug-likeness (QED) is 0.527. The van der Waals surface area contributed by atoms with Crippen LogP contribution < -0.4 is 20.1 Å². The molecule has 0 saturated carbocycles. The van der Waals surface area contributed by atoms with Crippen molar-refractivity contribution in [1.82, 2.24) is 4.98 Å². The Bertz CT molecular complexity index is 1320. The molecule has 2 aliphatic heterocycles. The lowest BCUT2D eigenvalue weighted by Gasteiger charge is -2.31. The lowest BCUT2D eigenvalue weighted by Crippen LogP contribution is -2.40. The maximum absolute atomic E-state index is 14.5. The summed E-state index contributed by atoms with van der Waals surface area (Å²) in [5.74, 6) is -0.793. The normalized spacial score (nSPS) is 16.5. The number of fused-ring (bicyclic) bond motifs is 1. The SMILES string of the molecule is Cl.N#Cc1ccc(-c2nc(N3CCC(N)CC3)cc(O)c2-c2ccc3c(c2)OC(F)(F)O3)cc1F. The fraction of sp³-hybridized carbons (Fsp3) is 0.250. The zero-order chi connectivity index (χ0) is 24.0. The van der Waals surface area contributed by atoms with Crippen molar-refractivity contribution < 1.29 is 27.8 Å². The molecule has 182 valence electrons. The number of pyridine rings is 1. The summed E-state index contributed by atoms with van der Waals surface area (Å²) in [6.45, 7) is 1.26. The number of benzene rings is 2. The largest absolute Gasteiger partial charge is 0.586 e. The van der Waals surface area contributed by atoms with Gasteiger partial charge in [-0.3, -0.25) is 0 Å². The Morgan fingerprint density at radius 2 is 1.74 bits per heavy atom. The van der Waals surface area contributed by atoms with E-state index in [1.165, 1.54) is 36.4 Å². The number of piperidine rings is 1. The molecule has 1 saturated heterocycles. The third-order valence-corrected chi connectivity index (χ3v) is 5.90. The monoisotopic (exact) mass is 504 g/mol. The molecule has 3 N–H and O–H groups in total. The molecule has 0 amide bonds. The summed E-state index contributed by atoms with van der Waals surface area (Å²) in [6.07, 6.45) is -2.29. The third-order valence-electron chi connectivity index (χ3n) is 5.90. The molecular weight excluding hydrogens is 485 g/mol. The third kappa shape index (κ3) is 4.65. The lowest BCUT2D eigenvalue weighted by molar-refractivity contribution is -0.286. The average Bonchev–Trinajstić information content (AvgIpc) is 3.12. The van der Waals surface area contributed by atoms with Crippen LogP contribution in [0.2, 0.25) is 0 Å². The number of ether oxygens (including phenoxy) is 2. The molecule has 0 aliphatic carbocycles. The van der Waals surface area contributed by atoms with Crippen LogP contribution in [0.5, 0.6) is 17.2 Å². The van der Waals surface area contributed by atoms with Crippen molar-refractivity contribution >= 4 is 18.2 Å².